The Bertz CT molecular complexity index is 1390. The molecule has 3 N–H and O–H groups in total. The van der Waals surface area contributed by atoms with E-state index in [4.69, 9.17) is 9.47 Å². The second-order valence-corrected chi connectivity index (χ2v) is 13.3. The second-order valence-electron chi connectivity index (χ2n) is 13.3. The molecule has 2 amide bonds. The lowest BCUT2D eigenvalue weighted by atomic mass is 9.93. The average Bonchev–Trinajstić information content (AvgIpc) is 3.62. The number of ether oxygens (including phenoxy) is 2. The molecule has 3 unspecified atom stereocenters. The fraction of sp³-hybridized carbons (Fsp3) is 0.629. The topological polar surface area (TPSA) is 140 Å². The van der Waals surface area contributed by atoms with Crippen molar-refractivity contribution in [3.63, 3.8) is 0 Å². The maximum atomic E-state index is 13.2. The number of aromatic nitrogens is 4. The van der Waals surface area contributed by atoms with Crippen LogP contribution < -0.4 is 10.6 Å². The number of fused-ring (bicyclic) bond motifs is 1. The van der Waals surface area contributed by atoms with Gasteiger partial charge < -0.3 is 20.1 Å². The molecule has 0 radical (unpaired) electrons. The molecule has 3 atom stereocenters. The number of aromatic amines is 1. The quantitative estimate of drug-likeness (QED) is 0.127. The van der Waals surface area contributed by atoms with Gasteiger partial charge in [-0.2, -0.15) is 0 Å². The number of hydrogen-bond acceptors (Lipinski definition) is 7. The fourth-order valence-corrected chi connectivity index (χ4v) is 5.18. The predicted octanol–water partition coefficient (Wildman–Crippen LogP) is 7.98. The molecule has 0 saturated carbocycles. The molecule has 2 aromatic heterocycles. The first-order chi connectivity index (χ1) is 21.9. The van der Waals surface area contributed by atoms with Gasteiger partial charge in [0.25, 0.3) is 0 Å². The van der Waals surface area contributed by atoms with Gasteiger partial charge in [0, 0.05) is 22.9 Å². The Balaban J connectivity index is 1.78. The minimum absolute atomic E-state index is 0.114. The van der Waals surface area contributed by atoms with Gasteiger partial charge in [-0.3, -0.25) is 5.10 Å². The van der Waals surface area contributed by atoms with Gasteiger partial charge in [0.15, 0.2) is 11.5 Å². The summed E-state index contributed by atoms with van der Waals surface area (Å²) in [7, 11) is 0. The molecule has 11 heteroatoms. The van der Waals surface area contributed by atoms with E-state index in [-0.39, 0.29) is 34.1 Å². The summed E-state index contributed by atoms with van der Waals surface area (Å²) < 4.78 is 13.1. The number of unbranched alkanes of at least 4 members (excludes halogenated alkanes) is 2. The molecule has 0 aliphatic heterocycles. The van der Waals surface area contributed by atoms with Gasteiger partial charge in [-0.25, -0.2) is 18.9 Å². The van der Waals surface area contributed by atoms with Crippen molar-refractivity contribution < 1.29 is 23.9 Å². The Morgan fingerprint density at radius 3 is 1.87 bits per heavy atom. The number of nitrogens with one attached hydrogen (secondary N) is 3. The molecule has 3 aromatic rings. The summed E-state index contributed by atoms with van der Waals surface area (Å²) in [5.41, 5.74) is 2.14. The highest BCUT2D eigenvalue weighted by atomic mass is 16.5. The minimum Gasteiger partial charge on any atom is -0.462 e. The highest BCUT2D eigenvalue weighted by molar-refractivity contribution is 5.99. The van der Waals surface area contributed by atoms with Gasteiger partial charge in [0.1, 0.15) is 0 Å². The van der Waals surface area contributed by atoms with Crippen molar-refractivity contribution in [2.75, 3.05) is 18.5 Å². The zero-order chi connectivity index (χ0) is 33.9. The summed E-state index contributed by atoms with van der Waals surface area (Å²) in [4.78, 5) is 39.5. The van der Waals surface area contributed by atoms with Gasteiger partial charge in [0.2, 0.25) is 0 Å². The monoisotopic (exact) mass is 638 g/mol. The number of amides is 2. The number of rotatable bonds is 17. The molecule has 11 nitrogen and oxygen atoms in total. The Hall–Kier alpha value is -3.89. The van der Waals surface area contributed by atoms with Crippen molar-refractivity contribution in [2.45, 2.75) is 118 Å². The van der Waals surface area contributed by atoms with Crippen molar-refractivity contribution in [3.05, 3.63) is 46.9 Å². The standard InChI is InChI=1S/C35H54N6O5/c1-9-13-15-24(11-3)21-45-32(42)26-17-27(33(43)46-22-25(12-4)16-14-10-2)19-28(18-26)37-34(44)36-23(5)31-39-38-30-20-29(35(6,7)8)40-41(30)31/h17-20,23-25,40H,9-16,21-22H2,1-8H3,(H2,36,37,44). The fourth-order valence-electron chi connectivity index (χ4n) is 5.18. The van der Waals surface area contributed by atoms with Crippen LogP contribution in [-0.4, -0.2) is 51.0 Å². The first-order valence-corrected chi connectivity index (χ1v) is 16.9. The smallest absolute Gasteiger partial charge is 0.338 e. The van der Waals surface area contributed by atoms with Crippen LogP contribution in [-0.2, 0) is 14.9 Å². The summed E-state index contributed by atoms with van der Waals surface area (Å²) in [6.45, 7) is 17.1. The van der Waals surface area contributed by atoms with Gasteiger partial charge >= 0.3 is 18.0 Å². The van der Waals surface area contributed by atoms with Crippen molar-refractivity contribution in [1.82, 2.24) is 25.1 Å². The second kappa shape index (κ2) is 17.1. The summed E-state index contributed by atoms with van der Waals surface area (Å²) in [5, 5.41) is 17.5. The van der Waals surface area contributed by atoms with Crippen LogP contribution in [0.2, 0.25) is 0 Å². The van der Waals surface area contributed by atoms with E-state index in [1.54, 1.807) is 11.4 Å². The van der Waals surface area contributed by atoms with E-state index in [0.29, 0.717) is 24.7 Å². The molecule has 254 valence electrons. The zero-order valence-corrected chi connectivity index (χ0v) is 29.0. The molecule has 0 aliphatic carbocycles. The molecule has 0 fully saturated rings. The lowest BCUT2D eigenvalue weighted by Crippen LogP contribution is -2.32. The lowest BCUT2D eigenvalue weighted by Gasteiger charge is -2.17. The third-order valence-corrected chi connectivity index (χ3v) is 8.41. The highest BCUT2D eigenvalue weighted by Crippen LogP contribution is 2.24. The summed E-state index contributed by atoms with van der Waals surface area (Å²) in [6, 6.07) is 5.40. The number of carbonyl (C=O) groups is 3. The van der Waals surface area contributed by atoms with Crippen molar-refractivity contribution >= 4 is 29.3 Å². The van der Waals surface area contributed by atoms with E-state index in [1.807, 2.05) is 6.07 Å². The predicted molar refractivity (Wildman–Crippen MR) is 180 cm³/mol. The Labute approximate surface area is 273 Å². The molecule has 46 heavy (non-hydrogen) atoms. The zero-order valence-electron chi connectivity index (χ0n) is 29.0. The first-order valence-electron chi connectivity index (χ1n) is 16.9. The van der Waals surface area contributed by atoms with Crippen molar-refractivity contribution in [3.8, 4) is 0 Å². The van der Waals surface area contributed by atoms with E-state index in [9.17, 15) is 14.4 Å². The van der Waals surface area contributed by atoms with Crippen LogP contribution in [0.5, 0.6) is 0 Å². The molecule has 0 aliphatic rings. The third kappa shape index (κ3) is 10.3. The van der Waals surface area contributed by atoms with Gasteiger partial charge in [-0.05, 0) is 49.8 Å². The Morgan fingerprint density at radius 2 is 1.39 bits per heavy atom. The SMILES string of the molecule is CCCCC(CC)COC(=O)c1cc(NC(=O)NC(C)c2nnc3cc(C(C)(C)C)[nH]n23)cc(C(=O)OCC(CC)CCCC)c1. The average molecular weight is 639 g/mol. The number of esters is 2. The Kier molecular flexibility index (Phi) is 13.6. The highest BCUT2D eigenvalue weighted by Gasteiger charge is 2.23. The lowest BCUT2D eigenvalue weighted by molar-refractivity contribution is 0.0426. The number of H-pyrrole nitrogens is 1. The van der Waals surface area contributed by atoms with Crippen LogP contribution >= 0.6 is 0 Å². The van der Waals surface area contributed by atoms with Gasteiger partial charge in [-0.15, -0.1) is 10.2 Å². The molecule has 1 aromatic carbocycles. The van der Waals surface area contributed by atoms with Crippen LogP contribution in [0.25, 0.3) is 5.65 Å². The van der Waals surface area contributed by atoms with Crippen LogP contribution in [0.3, 0.4) is 0 Å². The molecule has 3 rings (SSSR count). The molecular weight excluding hydrogens is 584 g/mol. The normalized spacial score (nSPS) is 13.7. The largest absolute Gasteiger partial charge is 0.462 e. The third-order valence-electron chi connectivity index (χ3n) is 8.41. The maximum Gasteiger partial charge on any atom is 0.338 e. The van der Waals surface area contributed by atoms with Crippen LogP contribution in [0, 0.1) is 11.8 Å². The number of anilines is 1. The van der Waals surface area contributed by atoms with E-state index in [1.165, 1.54) is 18.2 Å². The first kappa shape index (κ1) is 36.6. The number of urea groups is 1. The summed E-state index contributed by atoms with van der Waals surface area (Å²) >= 11 is 0. The van der Waals surface area contributed by atoms with E-state index >= 15 is 0 Å². The molecule has 0 bridgehead atoms. The summed E-state index contributed by atoms with van der Waals surface area (Å²) in [6.07, 6.45) is 8.05. The minimum atomic E-state index is -0.553. The van der Waals surface area contributed by atoms with Gasteiger partial charge in [0.05, 0.1) is 30.4 Å². The maximum absolute atomic E-state index is 13.2. The number of benzene rings is 1. The number of carbonyl (C=O) groups excluding carboxylic acids is 3. The van der Waals surface area contributed by atoms with Crippen molar-refractivity contribution in [1.29, 1.82) is 0 Å². The molecule has 0 spiro atoms. The summed E-state index contributed by atoms with van der Waals surface area (Å²) in [5.74, 6) is -0.0481. The van der Waals surface area contributed by atoms with Gasteiger partial charge in [-0.1, -0.05) is 87.0 Å². The van der Waals surface area contributed by atoms with Crippen LogP contribution in [0.1, 0.15) is 145 Å². The van der Waals surface area contributed by atoms with Crippen LogP contribution in [0.4, 0.5) is 10.5 Å². The van der Waals surface area contributed by atoms with Crippen LogP contribution in [0.15, 0.2) is 24.3 Å². The number of hydrogen-bond donors (Lipinski definition) is 3. The molecule has 2 heterocycles. The molecule has 0 saturated heterocycles. The molecular formula is C35H54N6O5. The number of nitrogens with zero attached hydrogens (tertiary/aromatic N) is 3. The Morgan fingerprint density at radius 1 is 0.848 bits per heavy atom. The van der Waals surface area contributed by atoms with E-state index in [0.717, 1.165) is 57.1 Å². The van der Waals surface area contributed by atoms with E-state index < -0.39 is 24.0 Å². The van der Waals surface area contributed by atoms with Crippen molar-refractivity contribution in [2.24, 2.45) is 11.8 Å². The van der Waals surface area contributed by atoms with E-state index in [2.05, 4.69) is 74.4 Å².